The van der Waals surface area contributed by atoms with Gasteiger partial charge in [-0.15, -0.1) is 0 Å². The number of rotatable bonds is 3. The van der Waals surface area contributed by atoms with E-state index in [2.05, 4.69) is 5.32 Å². The van der Waals surface area contributed by atoms with Crippen LogP contribution >= 0.6 is 0 Å². The Morgan fingerprint density at radius 2 is 2.18 bits per heavy atom. The lowest BCUT2D eigenvalue weighted by atomic mass is 10.1. The van der Waals surface area contributed by atoms with Gasteiger partial charge >= 0.3 is 0 Å². The van der Waals surface area contributed by atoms with E-state index in [1.807, 2.05) is 30.1 Å². The molecule has 0 atom stereocenters. The predicted octanol–water partition coefficient (Wildman–Crippen LogP) is 2.25. The van der Waals surface area contributed by atoms with Crippen LogP contribution in [0.3, 0.4) is 0 Å². The van der Waals surface area contributed by atoms with Crippen LogP contribution in [-0.2, 0) is 4.79 Å². The Labute approximate surface area is 102 Å². The highest BCUT2D eigenvalue weighted by atomic mass is 16.5. The fraction of sp³-hybridized carbons (Fsp3) is 0.462. The fourth-order valence-electron chi connectivity index (χ4n) is 2.12. The van der Waals surface area contributed by atoms with Crippen LogP contribution in [0.15, 0.2) is 18.2 Å². The van der Waals surface area contributed by atoms with Crippen LogP contribution in [0.25, 0.3) is 0 Å². The summed E-state index contributed by atoms with van der Waals surface area (Å²) in [5, 5.41) is 3.06. The molecule has 1 amide bonds. The van der Waals surface area contributed by atoms with E-state index >= 15 is 0 Å². The van der Waals surface area contributed by atoms with Crippen molar-refractivity contribution in [2.45, 2.75) is 19.3 Å². The Balaban J connectivity index is 2.33. The summed E-state index contributed by atoms with van der Waals surface area (Å²) in [4.78, 5) is 13.7. The van der Waals surface area contributed by atoms with E-state index in [9.17, 15) is 4.79 Å². The summed E-state index contributed by atoms with van der Waals surface area (Å²) in [6, 6.07) is 5.81. The first-order valence-electron chi connectivity index (χ1n) is 5.92. The number of piperidine rings is 1. The first-order chi connectivity index (χ1) is 8.26. The highest BCUT2D eigenvalue weighted by Gasteiger charge is 2.22. The second-order valence-electron chi connectivity index (χ2n) is 4.14. The average molecular weight is 234 g/mol. The number of carbonyl (C=O) groups excluding carboxylic acids is 1. The normalized spacial score (nSPS) is 15.9. The van der Waals surface area contributed by atoms with Gasteiger partial charge in [-0.25, -0.2) is 0 Å². The van der Waals surface area contributed by atoms with Gasteiger partial charge in [-0.05, 0) is 25.0 Å². The Morgan fingerprint density at radius 1 is 1.35 bits per heavy atom. The number of amides is 1. The molecule has 4 nitrogen and oxygen atoms in total. The minimum Gasteiger partial charge on any atom is -0.494 e. The molecule has 1 saturated heterocycles. The van der Waals surface area contributed by atoms with Crippen molar-refractivity contribution >= 4 is 17.3 Å². The molecule has 1 heterocycles. The summed E-state index contributed by atoms with van der Waals surface area (Å²) in [7, 11) is 3.49. The lowest BCUT2D eigenvalue weighted by molar-refractivity contribution is -0.119. The van der Waals surface area contributed by atoms with Gasteiger partial charge in [-0.2, -0.15) is 0 Å². The number of benzene rings is 1. The maximum Gasteiger partial charge on any atom is 0.227 e. The van der Waals surface area contributed by atoms with Crippen molar-refractivity contribution in [3.8, 4) is 5.75 Å². The van der Waals surface area contributed by atoms with Crippen molar-refractivity contribution in [2.24, 2.45) is 0 Å². The molecule has 1 fully saturated rings. The number of methoxy groups -OCH3 is 1. The summed E-state index contributed by atoms with van der Waals surface area (Å²) in [6.07, 6.45) is 2.69. The number of ether oxygens (including phenoxy) is 1. The van der Waals surface area contributed by atoms with Crippen LogP contribution in [0, 0.1) is 0 Å². The van der Waals surface area contributed by atoms with Gasteiger partial charge in [0.1, 0.15) is 5.75 Å². The zero-order valence-electron chi connectivity index (χ0n) is 10.3. The molecule has 0 aliphatic carbocycles. The van der Waals surface area contributed by atoms with Crippen LogP contribution in [-0.4, -0.2) is 26.6 Å². The number of nitrogens with one attached hydrogen (secondary N) is 1. The van der Waals surface area contributed by atoms with Gasteiger partial charge in [0.15, 0.2) is 0 Å². The molecule has 0 radical (unpaired) electrons. The van der Waals surface area contributed by atoms with Gasteiger partial charge in [0, 0.05) is 31.8 Å². The number of carbonyl (C=O) groups is 1. The van der Waals surface area contributed by atoms with Gasteiger partial charge in [0.05, 0.1) is 12.8 Å². The van der Waals surface area contributed by atoms with Crippen molar-refractivity contribution in [2.75, 3.05) is 30.9 Å². The van der Waals surface area contributed by atoms with Crippen molar-refractivity contribution in [1.82, 2.24) is 0 Å². The number of hydrogen-bond acceptors (Lipinski definition) is 3. The van der Waals surface area contributed by atoms with Crippen LogP contribution in [0.2, 0.25) is 0 Å². The average Bonchev–Trinajstić information content (AvgIpc) is 2.38. The monoisotopic (exact) mass is 234 g/mol. The molecule has 0 saturated carbocycles. The van der Waals surface area contributed by atoms with E-state index in [-0.39, 0.29) is 5.91 Å². The third-order valence-corrected chi connectivity index (χ3v) is 3.08. The maximum absolute atomic E-state index is 11.9. The molecule has 0 aromatic heterocycles. The van der Waals surface area contributed by atoms with Crippen LogP contribution in [0.1, 0.15) is 19.3 Å². The van der Waals surface area contributed by atoms with Crippen molar-refractivity contribution in [3.63, 3.8) is 0 Å². The van der Waals surface area contributed by atoms with Gasteiger partial charge in [0.2, 0.25) is 5.91 Å². The number of anilines is 2. The van der Waals surface area contributed by atoms with Crippen molar-refractivity contribution in [3.05, 3.63) is 18.2 Å². The SMILES string of the molecule is CNc1ccc(N2CCCCC2=O)c(OC)c1. The van der Waals surface area contributed by atoms with E-state index < -0.39 is 0 Å². The largest absolute Gasteiger partial charge is 0.494 e. The zero-order chi connectivity index (χ0) is 12.3. The highest BCUT2D eigenvalue weighted by molar-refractivity contribution is 5.95. The molecule has 1 aromatic carbocycles. The molecular weight excluding hydrogens is 216 g/mol. The summed E-state index contributed by atoms with van der Waals surface area (Å²) < 4.78 is 5.36. The fourth-order valence-corrected chi connectivity index (χ4v) is 2.12. The van der Waals surface area contributed by atoms with Gasteiger partial charge in [-0.1, -0.05) is 0 Å². The molecule has 0 unspecified atom stereocenters. The van der Waals surface area contributed by atoms with Gasteiger partial charge < -0.3 is 15.0 Å². The van der Waals surface area contributed by atoms with E-state index in [4.69, 9.17) is 4.74 Å². The predicted molar refractivity (Wildman–Crippen MR) is 68.7 cm³/mol. The zero-order valence-corrected chi connectivity index (χ0v) is 10.3. The van der Waals surface area contributed by atoms with E-state index in [1.165, 1.54) is 0 Å². The summed E-state index contributed by atoms with van der Waals surface area (Å²) in [5.74, 6) is 0.929. The van der Waals surface area contributed by atoms with Crippen molar-refractivity contribution < 1.29 is 9.53 Å². The third-order valence-electron chi connectivity index (χ3n) is 3.08. The smallest absolute Gasteiger partial charge is 0.227 e. The molecule has 1 aliphatic rings. The third kappa shape index (κ3) is 2.35. The van der Waals surface area contributed by atoms with E-state index in [0.717, 1.165) is 36.5 Å². The molecule has 4 heteroatoms. The molecule has 1 aliphatic heterocycles. The first-order valence-corrected chi connectivity index (χ1v) is 5.92. The summed E-state index contributed by atoms with van der Waals surface area (Å²) >= 11 is 0. The Bertz CT molecular complexity index is 418. The molecule has 2 rings (SSSR count). The highest BCUT2D eigenvalue weighted by Crippen LogP contribution is 2.33. The Kier molecular flexibility index (Phi) is 3.52. The second kappa shape index (κ2) is 5.08. The number of hydrogen-bond donors (Lipinski definition) is 1. The maximum atomic E-state index is 11.9. The van der Waals surface area contributed by atoms with Gasteiger partial charge in [-0.3, -0.25) is 4.79 Å². The molecule has 17 heavy (non-hydrogen) atoms. The molecule has 1 aromatic rings. The minimum atomic E-state index is 0.187. The molecular formula is C13H18N2O2. The Morgan fingerprint density at radius 3 is 2.82 bits per heavy atom. The molecule has 92 valence electrons. The number of nitrogens with zero attached hydrogens (tertiary/aromatic N) is 1. The quantitative estimate of drug-likeness (QED) is 0.872. The lowest BCUT2D eigenvalue weighted by Crippen LogP contribution is -2.35. The topological polar surface area (TPSA) is 41.6 Å². The minimum absolute atomic E-state index is 0.187. The molecule has 0 spiro atoms. The molecule has 1 N–H and O–H groups in total. The molecule has 0 bridgehead atoms. The lowest BCUT2D eigenvalue weighted by Gasteiger charge is -2.28. The van der Waals surface area contributed by atoms with Crippen molar-refractivity contribution in [1.29, 1.82) is 0 Å². The van der Waals surface area contributed by atoms with Crippen LogP contribution < -0.4 is 15.0 Å². The van der Waals surface area contributed by atoms with E-state index in [0.29, 0.717) is 6.42 Å². The van der Waals surface area contributed by atoms with Crippen LogP contribution in [0.5, 0.6) is 5.75 Å². The van der Waals surface area contributed by atoms with E-state index in [1.54, 1.807) is 7.11 Å². The first kappa shape index (κ1) is 11.8. The Hall–Kier alpha value is -1.71. The van der Waals surface area contributed by atoms with Gasteiger partial charge in [0.25, 0.3) is 0 Å². The summed E-state index contributed by atoms with van der Waals surface area (Å²) in [5.41, 5.74) is 1.85. The summed E-state index contributed by atoms with van der Waals surface area (Å²) in [6.45, 7) is 0.786. The standard InChI is InChI=1S/C13H18N2O2/c1-14-10-6-7-11(12(9-10)17-2)15-8-4-3-5-13(15)16/h6-7,9,14H,3-5,8H2,1-2H3. The second-order valence-corrected chi connectivity index (χ2v) is 4.14. The van der Waals surface area contributed by atoms with Crippen LogP contribution in [0.4, 0.5) is 11.4 Å².